The maximum Gasteiger partial charge on any atom is 4.00 e. The predicted molar refractivity (Wildman–Crippen MR) is 88.8 cm³/mol. The molecule has 4 heteroatoms. The second kappa shape index (κ2) is 21.0. The van der Waals surface area contributed by atoms with Crippen LogP contribution in [0.5, 0.6) is 0 Å². The van der Waals surface area contributed by atoms with Crippen molar-refractivity contribution in [2.45, 2.75) is 33.7 Å². The Kier molecular flexibility index (Phi) is 28.6. The fraction of sp³-hybridized carbons (Fsp3) is 0.278. The van der Waals surface area contributed by atoms with Crippen LogP contribution in [0.1, 0.15) is 25.8 Å². The first-order valence-corrected chi connectivity index (χ1v) is 7.70. The minimum atomic E-state index is 0. The first-order valence-electron chi connectivity index (χ1n) is 6.70. The average Bonchev–Trinajstić information content (AvgIpc) is 3.14. The maximum atomic E-state index is 2.99. The average molecular weight is 430 g/mol. The third-order valence-electron chi connectivity index (χ3n) is 2.35. The summed E-state index contributed by atoms with van der Waals surface area (Å²) in [5.41, 5.74) is 1.35. The number of allylic oxidation sites excluding steroid dienone is 4. The molecule has 2 aromatic carbocycles. The minimum Gasteiger partial charge on any atom is -1.00 e. The van der Waals surface area contributed by atoms with E-state index in [0.717, 1.165) is 6.42 Å². The molecule has 117 valence electrons. The maximum absolute atomic E-state index is 2.99. The Hall–Kier alpha value is -0.01000. The second-order valence-electron chi connectivity index (χ2n) is 3.66. The quantitative estimate of drug-likeness (QED) is 0.388. The van der Waals surface area contributed by atoms with Crippen molar-refractivity contribution >= 4 is 21.0 Å². The molecule has 1 aliphatic carbocycles. The van der Waals surface area contributed by atoms with E-state index in [0.29, 0.717) is 0 Å². The topological polar surface area (TPSA) is 0 Å². The standard InChI is InChI=1S/C10H9.C5H5.C2H6.CH3Si.2ClH.Zr/c1-8-6-9-4-2-3-5-10(9)7-8;1-2-4-5-3-1;2*1-2;;;/h2-7H,1H3;1-3H,4H2;1-2H3;1H3;2*1H;/q2*-1;;;;;+4/p-2. The van der Waals surface area contributed by atoms with Gasteiger partial charge in [0.1, 0.15) is 0 Å². The molecule has 0 aromatic heterocycles. The van der Waals surface area contributed by atoms with E-state index in [2.05, 4.69) is 65.7 Å². The summed E-state index contributed by atoms with van der Waals surface area (Å²) in [6, 6.07) is 12.8. The zero-order valence-electron chi connectivity index (χ0n) is 13.7. The van der Waals surface area contributed by atoms with Gasteiger partial charge in [0.25, 0.3) is 0 Å². The summed E-state index contributed by atoms with van der Waals surface area (Å²) in [6.45, 7) is 7.93. The fourth-order valence-electron chi connectivity index (χ4n) is 1.65. The zero-order valence-corrected chi connectivity index (χ0v) is 18.6. The Morgan fingerprint density at radius 3 is 2.09 bits per heavy atom. The number of fused-ring (bicyclic) bond motifs is 1. The first-order chi connectivity index (χ1) is 9.36. The molecule has 0 heterocycles. The summed E-state index contributed by atoms with van der Waals surface area (Å²) in [5.74, 6) is 0. The van der Waals surface area contributed by atoms with Gasteiger partial charge in [-0.1, -0.05) is 33.4 Å². The van der Waals surface area contributed by atoms with Crippen LogP contribution in [0.2, 0.25) is 6.55 Å². The van der Waals surface area contributed by atoms with E-state index in [-0.39, 0.29) is 51.0 Å². The van der Waals surface area contributed by atoms with Crippen molar-refractivity contribution in [3.8, 4) is 0 Å². The number of aryl methyl sites for hydroxylation is 1. The van der Waals surface area contributed by atoms with E-state index in [1.807, 2.05) is 26.0 Å². The van der Waals surface area contributed by atoms with E-state index >= 15 is 0 Å². The van der Waals surface area contributed by atoms with E-state index in [4.69, 9.17) is 0 Å². The minimum absolute atomic E-state index is 0. The first kappa shape index (κ1) is 29.9. The Labute approximate surface area is 171 Å². The molecular weight excluding hydrogens is 406 g/mol. The van der Waals surface area contributed by atoms with Crippen molar-refractivity contribution in [1.29, 1.82) is 0 Å². The Morgan fingerprint density at radius 2 is 1.68 bits per heavy atom. The van der Waals surface area contributed by atoms with Gasteiger partial charge in [-0.05, 0) is 0 Å². The van der Waals surface area contributed by atoms with Gasteiger partial charge in [0, 0.05) is 10.2 Å². The Morgan fingerprint density at radius 1 is 1.09 bits per heavy atom. The molecule has 22 heavy (non-hydrogen) atoms. The number of benzene rings is 1. The summed E-state index contributed by atoms with van der Waals surface area (Å²) in [7, 11) is 2.97. The molecule has 0 N–H and O–H groups in total. The monoisotopic (exact) mass is 427 g/mol. The number of rotatable bonds is 0. The summed E-state index contributed by atoms with van der Waals surface area (Å²) in [5, 5.41) is 2.69. The molecule has 0 aliphatic heterocycles. The van der Waals surface area contributed by atoms with Crippen molar-refractivity contribution in [3.05, 3.63) is 66.3 Å². The van der Waals surface area contributed by atoms with Gasteiger partial charge in [-0.15, -0.1) is 47.0 Å². The number of halogens is 2. The molecule has 3 rings (SSSR count). The molecule has 0 fully saturated rings. The van der Waals surface area contributed by atoms with Crippen LogP contribution in [0.15, 0.2) is 54.6 Å². The van der Waals surface area contributed by atoms with Gasteiger partial charge < -0.3 is 24.8 Å². The molecule has 0 saturated heterocycles. The van der Waals surface area contributed by atoms with Crippen LogP contribution in [0.3, 0.4) is 0 Å². The van der Waals surface area contributed by atoms with E-state index in [1.54, 1.807) is 6.55 Å². The van der Waals surface area contributed by atoms with Crippen LogP contribution in [-0.4, -0.2) is 10.2 Å². The summed E-state index contributed by atoms with van der Waals surface area (Å²) in [4.78, 5) is 0. The molecule has 0 bridgehead atoms. The van der Waals surface area contributed by atoms with Crippen LogP contribution in [0, 0.1) is 13.0 Å². The molecular formula is C18H23Cl2SiZr. The molecule has 0 amide bonds. The number of hydrogen-bond acceptors (Lipinski definition) is 0. The van der Waals surface area contributed by atoms with Crippen molar-refractivity contribution in [1.82, 2.24) is 0 Å². The Balaban J connectivity index is -0.000000118. The van der Waals surface area contributed by atoms with E-state index in [1.165, 1.54) is 16.3 Å². The summed E-state index contributed by atoms with van der Waals surface area (Å²) < 4.78 is 0. The molecule has 0 saturated carbocycles. The van der Waals surface area contributed by atoms with Gasteiger partial charge in [-0.2, -0.15) is 12.1 Å². The van der Waals surface area contributed by atoms with Crippen LogP contribution in [0.25, 0.3) is 10.8 Å². The third kappa shape index (κ3) is 12.5. The molecule has 0 atom stereocenters. The Bertz CT molecular complexity index is 462. The van der Waals surface area contributed by atoms with Crippen molar-refractivity contribution in [2.75, 3.05) is 0 Å². The van der Waals surface area contributed by atoms with Gasteiger partial charge in [0.15, 0.2) is 0 Å². The van der Waals surface area contributed by atoms with Gasteiger partial charge in [-0.3, -0.25) is 6.08 Å². The number of hydrogen-bond donors (Lipinski definition) is 0. The van der Waals surface area contributed by atoms with Crippen molar-refractivity contribution < 1.29 is 51.0 Å². The van der Waals surface area contributed by atoms with E-state index in [9.17, 15) is 0 Å². The zero-order chi connectivity index (χ0) is 14.5. The molecule has 0 nitrogen and oxygen atoms in total. The van der Waals surface area contributed by atoms with Crippen LogP contribution < -0.4 is 24.8 Å². The van der Waals surface area contributed by atoms with Gasteiger partial charge >= 0.3 is 26.2 Å². The van der Waals surface area contributed by atoms with Gasteiger partial charge in [0.05, 0.1) is 0 Å². The van der Waals surface area contributed by atoms with Crippen LogP contribution in [0.4, 0.5) is 0 Å². The normalized spacial score (nSPS) is 9.32. The van der Waals surface area contributed by atoms with Gasteiger partial charge in [-0.25, -0.2) is 12.2 Å². The van der Waals surface area contributed by atoms with Crippen molar-refractivity contribution in [2.24, 2.45) is 0 Å². The molecule has 3 radical (unpaired) electrons. The largest absolute Gasteiger partial charge is 4.00 e. The molecule has 1 aliphatic rings. The third-order valence-corrected chi connectivity index (χ3v) is 2.35. The van der Waals surface area contributed by atoms with Crippen molar-refractivity contribution in [3.63, 3.8) is 0 Å². The molecule has 0 unspecified atom stereocenters. The van der Waals surface area contributed by atoms with Crippen LogP contribution >= 0.6 is 0 Å². The smallest absolute Gasteiger partial charge is 1.00 e. The van der Waals surface area contributed by atoms with E-state index < -0.39 is 0 Å². The van der Waals surface area contributed by atoms with Crippen LogP contribution in [-0.2, 0) is 26.2 Å². The molecule has 2 aromatic rings. The summed E-state index contributed by atoms with van der Waals surface area (Å²) >= 11 is 0. The molecule has 0 spiro atoms. The second-order valence-corrected chi connectivity index (χ2v) is 3.66. The fourth-order valence-corrected chi connectivity index (χ4v) is 1.65. The SMILES string of the molecule is CC.C[Si].Cc1cc2ccccc2[cH-]1.[C-]1=CC=CC1.[Cl-].[Cl-].[Zr+4]. The predicted octanol–water partition coefficient (Wildman–Crippen LogP) is -0.592. The van der Waals surface area contributed by atoms with Gasteiger partial charge in [0.2, 0.25) is 0 Å². The summed E-state index contributed by atoms with van der Waals surface area (Å²) in [6.07, 6.45) is 10.0.